The number of hydrogen-bond donors (Lipinski definition) is 0. The second kappa shape index (κ2) is 8.99. The molecule has 30 heavy (non-hydrogen) atoms. The third-order valence-electron chi connectivity index (χ3n) is 5.64. The van der Waals surface area contributed by atoms with Gasteiger partial charge in [-0.3, -0.25) is 9.78 Å². The summed E-state index contributed by atoms with van der Waals surface area (Å²) in [7, 11) is 3.25. The van der Waals surface area contributed by atoms with Gasteiger partial charge in [-0.25, -0.2) is 0 Å². The molecule has 1 amide bonds. The summed E-state index contributed by atoms with van der Waals surface area (Å²) < 4.78 is 11.1. The largest absolute Gasteiger partial charge is 0.495 e. The van der Waals surface area contributed by atoms with E-state index in [2.05, 4.69) is 41.4 Å². The summed E-state index contributed by atoms with van der Waals surface area (Å²) >= 11 is 0. The van der Waals surface area contributed by atoms with E-state index in [0.29, 0.717) is 24.5 Å². The lowest BCUT2D eigenvalue weighted by Crippen LogP contribution is -2.38. The second-order valence-corrected chi connectivity index (χ2v) is 7.45. The topological polar surface area (TPSA) is 51.7 Å². The number of benzene rings is 2. The number of methoxy groups -OCH3 is 2. The predicted molar refractivity (Wildman–Crippen MR) is 116 cm³/mol. The first kappa shape index (κ1) is 20.0. The molecule has 1 fully saturated rings. The zero-order valence-corrected chi connectivity index (χ0v) is 17.4. The zero-order chi connectivity index (χ0) is 20.9. The van der Waals surface area contributed by atoms with Gasteiger partial charge >= 0.3 is 0 Å². The van der Waals surface area contributed by atoms with Crippen molar-refractivity contribution in [3.05, 3.63) is 78.1 Å². The zero-order valence-electron chi connectivity index (χ0n) is 17.4. The highest BCUT2D eigenvalue weighted by molar-refractivity contribution is 5.78. The van der Waals surface area contributed by atoms with E-state index >= 15 is 0 Å². The quantitative estimate of drug-likeness (QED) is 0.581. The van der Waals surface area contributed by atoms with Crippen molar-refractivity contribution in [1.29, 1.82) is 0 Å². The summed E-state index contributed by atoms with van der Waals surface area (Å²) in [6, 6.07) is 18.6. The van der Waals surface area contributed by atoms with E-state index in [1.54, 1.807) is 26.6 Å². The molecule has 1 aliphatic rings. The predicted octanol–water partition coefficient (Wildman–Crippen LogP) is 5.02. The minimum Gasteiger partial charge on any atom is -0.495 e. The first-order valence-electron chi connectivity index (χ1n) is 10.2. The first-order valence-corrected chi connectivity index (χ1v) is 10.2. The molecule has 2 heterocycles. The molecule has 1 atom stereocenters. The summed E-state index contributed by atoms with van der Waals surface area (Å²) in [6.07, 6.45) is 5.64. The monoisotopic (exact) mass is 402 g/mol. The van der Waals surface area contributed by atoms with Crippen LogP contribution in [0.5, 0.6) is 11.5 Å². The maximum atomic E-state index is 13.0. The van der Waals surface area contributed by atoms with Crippen molar-refractivity contribution >= 4 is 5.91 Å². The highest BCUT2D eigenvalue weighted by atomic mass is 16.5. The van der Waals surface area contributed by atoms with Crippen LogP contribution < -0.4 is 9.47 Å². The van der Waals surface area contributed by atoms with Crippen LogP contribution in [0.3, 0.4) is 0 Å². The fourth-order valence-corrected chi connectivity index (χ4v) is 4.18. The van der Waals surface area contributed by atoms with E-state index < -0.39 is 0 Å². The number of likely N-dealkylation sites (tertiary alicyclic amines) is 1. The van der Waals surface area contributed by atoms with Gasteiger partial charge in [0.1, 0.15) is 11.5 Å². The van der Waals surface area contributed by atoms with Crippen molar-refractivity contribution < 1.29 is 14.3 Å². The van der Waals surface area contributed by atoms with E-state index in [0.717, 1.165) is 29.5 Å². The molecule has 0 aliphatic carbocycles. The normalized spacial score (nSPS) is 16.4. The second-order valence-electron chi connectivity index (χ2n) is 7.45. The van der Waals surface area contributed by atoms with Gasteiger partial charge in [-0.1, -0.05) is 48.5 Å². The molecule has 1 unspecified atom stereocenters. The van der Waals surface area contributed by atoms with Crippen LogP contribution in [-0.4, -0.2) is 30.0 Å². The Balaban J connectivity index is 1.68. The van der Waals surface area contributed by atoms with Crippen molar-refractivity contribution in [3.63, 3.8) is 0 Å². The van der Waals surface area contributed by atoms with Crippen molar-refractivity contribution in [2.75, 3.05) is 14.2 Å². The van der Waals surface area contributed by atoms with Crippen molar-refractivity contribution in [2.24, 2.45) is 0 Å². The molecule has 4 rings (SSSR count). The Hall–Kier alpha value is -3.34. The summed E-state index contributed by atoms with van der Waals surface area (Å²) in [5, 5.41) is 0. The molecule has 3 aromatic rings. The van der Waals surface area contributed by atoms with E-state index in [-0.39, 0.29) is 11.9 Å². The maximum Gasteiger partial charge on any atom is 0.223 e. The van der Waals surface area contributed by atoms with Crippen molar-refractivity contribution in [1.82, 2.24) is 9.88 Å². The molecule has 2 aromatic carbocycles. The summed E-state index contributed by atoms with van der Waals surface area (Å²) in [6.45, 7) is 0.540. The Labute approximate surface area is 177 Å². The Morgan fingerprint density at radius 2 is 1.67 bits per heavy atom. The molecule has 154 valence electrons. The molecule has 5 nitrogen and oxygen atoms in total. The average molecular weight is 402 g/mol. The van der Waals surface area contributed by atoms with Crippen LogP contribution in [0.1, 0.15) is 36.4 Å². The molecule has 1 saturated heterocycles. The molecule has 0 N–H and O–H groups in total. The number of ether oxygens (including phenoxy) is 2. The number of nitrogens with zero attached hydrogens (tertiary/aromatic N) is 2. The van der Waals surface area contributed by atoms with Gasteiger partial charge in [-0.2, -0.15) is 0 Å². The number of carbonyl (C=O) groups is 1. The average Bonchev–Trinajstić information content (AvgIpc) is 2.80. The van der Waals surface area contributed by atoms with Gasteiger partial charge in [0.2, 0.25) is 5.91 Å². The highest BCUT2D eigenvalue weighted by Crippen LogP contribution is 2.42. The Bertz CT molecular complexity index is 998. The molecular formula is C25H26N2O3. The molecule has 0 saturated carbocycles. The van der Waals surface area contributed by atoms with Gasteiger partial charge in [-0.05, 0) is 35.6 Å². The third kappa shape index (κ3) is 4.01. The highest BCUT2D eigenvalue weighted by Gasteiger charge is 2.33. The summed E-state index contributed by atoms with van der Waals surface area (Å²) in [5.41, 5.74) is 4.30. The Kier molecular flexibility index (Phi) is 5.98. The van der Waals surface area contributed by atoms with Gasteiger partial charge in [0.25, 0.3) is 0 Å². The molecule has 0 radical (unpaired) electrons. The lowest BCUT2D eigenvalue weighted by Gasteiger charge is -2.37. The molecule has 5 heteroatoms. The molecular weight excluding hydrogens is 376 g/mol. The minimum absolute atomic E-state index is 0.112. The number of amides is 1. The fourth-order valence-electron chi connectivity index (χ4n) is 4.18. The fraction of sp³-hybridized carbons (Fsp3) is 0.280. The van der Waals surface area contributed by atoms with E-state index in [1.165, 1.54) is 5.56 Å². The summed E-state index contributed by atoms with van der Waals surface area (Å²) in [4.78, 5) is 19.1. The molecule has 1 aromatic heterocycles. The number of aromatic nitrogens is 1. The molecule has 0 bridgehead atoms. The molecule has 1 aliphatic heterocycles. The van der Waals surface area contributed by atoms with Crippen LogP contribution in [-0.2, 0) is 11.3 Å². The van der Waals surface area contributed by atoms with Gasteiger partial charge in [0.05, 0.1) is 38.2 Å². The van der Waals surface area contributed by atoms with Crippen LogP contribution in [0.4, 0.5) is 0 Å². The summed E-state index contributed by atoms with van der Waals surface area (Å²) in [5.74, 6) is 1.45. The van der Waals surface area contributed by atoms with Crippen LogP contribution in [0.15, 0.2) is 67.0 Å². The Morgan fingerprint density at radius 1 is 0.967 bits per heavy atom. The lowest BCUT2D eigenvalue weighted by molar-refractivity contribution is -0.137. The van der Waals surface area contributed by atoms with Crippen molar-refractivity contribution in [2.45, 2.75) is 31.8 Å². The van der Waals surface area contributed by atoms with Crippen molar-refractivity contribution in [3.8, 4) is 22.6 Å². The maximum absolute atomic E-state index is 13.0. The van der Waals surface area contributed by atoms with E-state index in [4.69, 9.17) is 9.47 Å². The van der Waals surface area contributed by atoms with E-state index in [9.17, 15) is 4.79 Å². The third-order valence-corrected chi connectivity index (χ3v) is 5.64. The number of carbonyl (C=O) groups excluding carboxylic acids is 1. The number of pyridine rings is 1. The first-order chi connectivity index (χ1) is 14.7. The van der Waals surface area contributed by atoms with Gasteiger partial charge < -0.3 is 14.4 Å². The van der Waals surface area contributed by atoms with Gasteiger partial charge in [0, 0.05) is 13.0 Å². The minimum atomic E-state index is -0.112. The van der Waals surface area contributed by atoms with Gasteiger partial charge in [-0.15, -0.1) is 0 Å². The number of hydrogen-bond acceptors (Lipinski definition) is 4. The van der Waals surface area contributed by atoms with Crippen LogP contribution in [0.2, 0.25) is 0 Å². The SMILES string of the molecule is COc1cncc(OC)c1C1CCCC(=O)N1Cc1cccc(-c2ccccc2)c1. The lowest BCUT2D eigenvalue weighted by atomic mass is 9.93. The van der Waals surface area contributed by atoms with Crippen LogP contribution in [0.25, 0.3) is 11.1 Å². The van der Waals surface area contributed by atoms with E-state index in [1.807, 2.05) is 23.1 Å². The standard InChI is InChI=1S/C25H26N2O3/c1-29-22-15-26-16-23(30-2)25(22)21-12-7-13-24(28)27(21)17-18-8-6-11-20(14-18)19-9-4-3-5-10-19/h3-6,8-11,14-16,21H,7,12-13,17H2,1-2H3. The smallest absolute Gasteiger partial charge is 0.223 e. The molecule has 0 spiro atoms. The van der Waals surface area contributed by atoms with Crippen LogP contribution >= 0.6 is 0 Å². The number of piperidine rings is 1. The number of rotatable bonds is 6. The Morgan fingerprint density at radius 3 is 2.37 bits per heavy atom. The van der Waals surface area contributed by atoms with Crippen LogP contribution in [0, 0.1) is 0 Å². The van der Waals surface area contributed by atoms with Gasteiger partial charge in [0.15, 0.2) is 0 Å².